The van der Waals surface area contributed by atoms with Crippen molar-refractivity contribution < 1.29 is 14.3 Å². The van der Waals surface area contributed by atoms with Crippen molar-refractivity contribution in [2.75, 3.05) is 32.8 Å². The number of aryl methyl sites for hydroxylation is 1. The maximum Gasteiger partial charge on any atom is 0.253 e. The average Bonchev–Trinajstić information content (AvgIpc) is 3.15. The highest BCUT2D eigenvalue weighted by atomic mass is 16.5. The Balaban J connectivity index is 1.55. The summed E-state index contributed by atoms with van der Waals surface area (Å²) in [4.78, 5) is 28.5. The van der Waals surface area contributed by atoms with E-state index in [4.69, 9.17) is 4.74 Å². The first kappa shape index (κ1) is 16.0. The fourth-order valence-corrected chi connectivity index (χ4v) is 3.17. The summed E-state index contributed by atoms with van der Waals surface area (Å²) in [6.45, 7) is 5.15. The molecule has 1 aromatic rings. The maximum absolute atomic E-state index is 12.5. The molecule has 0 N–H and O–H groups in total. The van der Waals surface area contributed by atoms with Crippen LogP contribution in [0.5, 0.6) is 0 Å². The van der Waals surface area contributed by atoms with Crippen LogP contribution in [0.15, 0.2) is 24.3 Å². The van der Waals surface area contributed by atoms with E-state index in [-0.39, 0.29) is 17.9 Å². The molecular formula is C18H24N2O3. The molecule has 0 saturated carbocycles. The third kappa shape index (κ3) is 3.55. The van der Waals surface area contributed by atoms with E-state index >= 15 is 0 Å². The molecule has 0 aliphatic carbocycles. The van der Waals surface area contributed by atoms with Gasteiger partial charge >= 0.3 is 0 Å². The van der Waals surface area contributed by atoms with E-state index in [0.29, 0.717) is 32.8 Å². The zero-order chi connectivity index (χ0) is 16.2. The van der Waals surface area contributed by atoms with Crippen LogP contribution in [0.25, 0.3) is 0 Å². The molecule has 1 unspecified atom stereocenters. The second-order valence-electron chi connectivity index (χ2n) is 6.17. The van der Waals surface area contributed by atoms with E-state index in [1.165, 1.54) is 5.56 Å². The fraction of sp³-hybridized carbons (Fsp3) is 0.556. The lowest BCUT2D eigenvalue weighted by Crippen LogP contribution is -2.52. The molecule has 2 fully saturated rings. The number of benzene rings is 1. The SMILES string of the molecule is CCc1ccc(C(=O)N2CCN(C(=O)C3CCCO3)CC2)cc1. The van der Waals surface area contributed by atoms with Crippen molar-refractivity contribution >= 4 is 11.8 Å². The lowest BCUT2D eigenvalue weighted by Gasteiger charge is -2.35. The van der Waals surface area contributed by atoms with Gasteiger partial charge in [-0.15, -0.1) is 0 Å². The molecule has 0 aromatic heterocycles. The molecule has 2 saturated heterocycles. The summed E-state index contributed by atoms with van der Waals surface area (Å²) >= 11 is 0. The lowest BCUT2D eigenvalue weighted by atomic mass is 10.1. The predicted molar refractivity (Wildman–Crippen MR) is 87.3 cm³/mol. The summed E-state index contributed by atoms with van der Waals surface area (Å²) in [6, 6.07) is 7.80. The van der Waals surface area contributed by atoms with Gasteiger partial charge in [-0.1, -0.05) is 19.1 Å². The average molecular weight is 316 g/mol. The van der Waals surface area contributed by atoms with E-state index in [1.807, 2.05) is 34.1 Å². The molecule has 5 heteroatoms. The van der Waals surface area contributed by atoms with E-state index in [1.54, 1.807) is 0 Å². The highest BCUT2D eigenvalue weighted by molar-refractivity contribution is 5.94. The molecule has 124 valence electrons. The Bertz CT molecular complexity index is 556. The number of carbonyl (C=O) groups excluding carboxylic acids is 2. The number of hydrogen-bond acceptors (Lipinski definition) is 3. The number of rotatable bonds is 3. The minimum Gasteiger partial charge on any atom is -0.368 e. The van der Waals surface area contributed by atoms with Crippen molar-refractivity contribution in [1.29, 1.82) is 0 Å². The quantitative estimate of drug-likeness (QED) is 0.853. The molecule has 1 atom stereocenters. The molecule has 5 nitrogen and oxygen atoms in total. The third-order valence-corrected chi connectivity index (χ3v) is 4.69. The number of ether oxygens (including phenoxy) is 1. The molecule has 23 heavy (non-hydrogen) atoms. The smallest absolute Gasteiger partial charge is 0.253 e. The molecule has 0 radical (unpaired) electrons. The van der Waals surface area contributed by atoms with Crippen molar-refractivity contribution in [3.63, 3.8) is 0 Å². The van der Waals surface area contributed by atoms with Crippen LogP contribution in [0.4, 0.5) is 0 Å². The van der Waals surface area contributed by atoms with Gasteiger partial charge in [0, 0.05) is 38.3 Å². The zero-order valence-corrected chi connectivity index (χ0v) is 13.7. The van der Waals surface area contributed by atoms with Crippen LogP contribution in [0.3, 0.4) is 0 Å². The van der Waals surface area contributed by atoms with Crippen LogP contribution in [0.1, 0.15) is 35.7 Å². The normalized spacial score (nSPS) is 21.5. The highest BCUT2D eigenvalue weighted by Crippen LogP contribution is 2.17. The molecule has 2 aliphatic rings. The highest BCUT2D eigenvalue weighted by Gasteiger charge is 2.31. The van der Waals surface area contributed by atoms with Crippen molar-refractivity contribution in [2.45, 2.75) is 32.3 Å². The van der Waals surface area contributed by atoms with Crippen LogP contribution in [-0.2, 0) is 16.0 Å². The summed E-state index contributed by atoms with van der Waals surface area (Å²) in [6.07, 6.45) is 2.49. The van der Waals surface area contributed by atoms with Crippen molar-refractivity contribution in [2.24, 2.45) is 0 Å². The van der Waals surface area contributed by atoms with Crippen molar-refractivity contribution in [1.82, 2.24) is 9.80 Å². The first-order chi connectivity index (χ1) is 11.2. The maximum atomic E-state index is 12.5. The largest absolute Gasteiger partial charge is 0.368 e. The van der Waals surface area contributed by atoms with Gasteiger partial charge in [0.1, 0.15) is 6.10 Å². The van der Waals surface area contributed by atoms with Crippen LogP contribution in [0.2, 0.25) is 0 Å². The number of carbonyl (C=O) groups is 2. The molecule has 1 aromatic carbocycles. The van der Waals surface area contributed by atoms with Gasteiger partial charge < -0.3 is 14.5 Å². The Labute approximate surface area is 137 Å². The van der Waals surface area contributed by atoms with E-state index in [0.717, 1.165) is 24.8 Å². The topological polar surface area (TPSA) is 49.9 Å². The predicted octanol–water partition coefficient (Wildman–Crippen LogP) is 1.71. The van der Waals surface area contributed by atoms with Crippen molar-refractivity contribution in [3.8, 4) is 0 Å². The zero-order valence-electron chi connectivity index (χ0n) is 13.7. The summed E-state index contributed by atoms with van der Waals surface area (Å²) < 4.78 is 5.46. The number of piperazine rings is 1. The van der Waals surface area contributed by atoms with E-state index in [9.17, 15) is 9.59 Å². The summed E-state index contributed by atoms with van der Waals surface area (Å²) in [5.41, 5.74) is 1.95. The van der Waals surface area contributed by atoms with Gasteiger partial charge in [0.2, 0.25) is 0 Å². The molecule has 0 bridgehead atoms. The van der Waals surface area contributed by atoms with Crippen LogP contribution >= 0.6 is 0 Å². The Hall–Kier alpha value is -1.88. The summed E-state index contributed by atoms with van der Waals surface area (Å²) in [5, 5.41) is 0. The number of hydrogen-bond donors (Lipinski definition) is 0. The Kier molecular flexibility index (Phi) is 4.96. The third-order valence-electron chi connectivity index (χ3n) is 4.69. The molecule has 2 amide bonds. The van der Waals surface area contributed by atoms with Crippen LogP contribution in [-0.4, -0.2) is 60.5 Å². The Morgan fingerprint density at radius 3 is 2.30 bits per heavy atom. The molecule has 0 spiro atoms. The van der Waals surface area contributed by atoms with Gasteiger partial charge in [0.05, 0.1) is 0 Å². The van der Waals surface area contributed by atoms with E-state index < -0.39 is 0 Å². The summed E-state index contributed by atoms with van der Waals surface area (Å²) in [5.74, 6) is 0.138. The van der Waals surface area contributed by atoms with Crippen molar-refractivity contribution in [3.05, 3.63) is 35.4 Å². The minimum absolute atomic E-state index is 0.0527. The monoisotopic (exact) mass is 316 g/mol. The standard InChI is InChI=1S/C18H24N2O3/c1-2-14-5-7-15(8-6-14)17(21)19-9-11-20(12-10-19)18(22)16-4-3-13-23-16/h5-8,16H,2-4,9-13H2,1H3. The molecular weight excluding hydrogens is 292 g/mol. The van der Waals surface area contributed by atoms with Crippen LogP contribution < -0.4 is 0 Å². The number of amides is 2. The lowest BCUT2D eigenvalue weighted by molar-refractivity contribution is -0.142. The van der Waals surface area contributed by atoms with Crippen LogP contribution in [0, 0.1) is 0 Å². The van der Waals surface area contributed by atoms with Gasteiger partial charge in [-0.25, -0.2) is 0 Å². The molecule has 2 heterocycles. The van der Waals surface area contributed by atoms with E-state index in [2.05, 4.69) is 6.92 Å². The van der Waals surface area contributed by atoms with Gasteiger partial charge in [-0.05, 0) is 37.0 Å². The van der Waals surface area contributed by atoms with Gasteiger partial charge in [-0.3, -0.25) is 9.59 Å². The number of nitrogens with zero attached hydrogens (tertiary/aromatic N) is 2. The minimum atomic E-state index is -0.265. The second kappa shape index (κ2) is 7.13. The Morgan fingerprint density at radius 1 is 1.09 bits per heavy atom. The second-order valence-corrected chi connectivity index (χ2v) is 6.17. The van der Waals surface area contributed by atoms with Gasteiger partial charge in [0.15, 0.2) is 0 Å². The first-order valence-corrected chi connectivity index (χ1v) is 8.47. The van der Waals surface area contributed by atoms with Gasteiger partial charge in [-0.2, -0.15) is 0 Å². The summed E-state index contributed by atoms with van der Waals surface area (Å²) in [7, 11) is 0. The Morgan fingerprint density at radius 2 is 1.74 bits per heavy atom. The molecule has 2 aliphatic heterocycles. The first-order valence-electron chi connectivity index (χ1n) is 8.47. The van der Waals surface area contributed by atoms with Gasteiger partial charge in [0.25, 0.3) is 11.8 Å². The molecule has 3 rings (SSSR count). The fourth-order valence-electron chi connectivity index (χ4n) is 3.17.